The van der Waals surface area contributed by atoms with Crippen LogP contribution in [0.15, 0.2) is 25.0 Å². The number of Topliss-reactive ketones (excluding diaryl/α,β-unsaturated/α-hetero) is 1. The molecule has 0 atom stereocenters. The number of aromatic amines is 1. The van der Waals surface area contributed by atoms with Crippen molar-refractivity contribution >= 4 is 23.0 Å². The Morgan fingerprint density at radius 2 is 2.35 bits per heavy atom. The zero-order valence-electron chi connectivity index (χ0n) is 10.4. The Labute approximate surface area is 112 Å². The number of ketones is 1. The van der Waals surface area contributed by atoms with Gasteiger partial charge in [-0.3, -0.25) is 9.59 Å². The van der Waals surface area contributed by atoms with E-state index < -0.39 is 5.78 Å². The predicted octanol–water partition coefficient (Wildman–Crippen LogP) is 0.534. The maximum atomic E-state index is 11.7. The number of fused-ring (bicyclic) bond motifs is 1. The number of nitrogens with zero attached hydrogens (tertiary/aromatic N) is 4. The zero-order valence-corrected chi connectivity index (χ0v) is 10.4. The Bertz CT molecular complexity index is 791. The summed E-state index contributed by atoms with van der Waals surface area (Å²) in [5.41, 5.74) is 0.774. The average molecular weight is 271 g/mol. The Balaban J connectivity index is 2.34. The largest absolute Gasteiger partial charge is 0.494 e. The molecule has 0 radical (unpaired) electrons. The third kappa shape index (κ3) is 1.66. The molecule has 0 amide bonds. The van der Waals surface area contributed by atoms with Crippen LogP contribution in [0.3, 0.4) is 0 Å². The van der Waals surface area contributed by atoms with Gasteiger partial charge in [-0.05, 0) is 0 Å². The highest BCUT2D eigenvalue weighted by Gasteiger charge is 2.19. The minimum atomic E-state index is -0.634. The van der Waals surface area contributed by atoms with Gasteiger partial charge in [0, 0.05) is 6.20 Å². The number of pyridine rings is 1. The van der Waals surface area contributed by atoms with Gasteiger partial charge in [0.25, 0.3) is 0 Å². The van der Waals surface area contributed by atoms with E-state index >= 15 is 0 Å². The maximum Gasteiger partial charge on any atom is 0.227 e. The number of aromatic nitrogens is 5. The summed E-state index contributed by atoms with van der Waals surface area (Å²) in [7, 11) is 1.47. The highest BCUT2D eigenvalue weighted by Crippen LogP contribution is 2.31. The lowest BCUT2D eigenvalue weighted by Crippen LogP contribution is -2.02. The lowest BCUT2D eigenvalue weighted by Gasteiger charge is -2.06. The SMILES string of the molecule is COc1cnc(-n2cncn2)c2[nH]cc(C(=O)C=O)c12. The first-order valence-electron chi connectivity index (χ1n) is 5.65. The quantitative estimate of drug-likeness (QED) is 0.422. The van der Waals surface area contributed by atoms with E-state index in [1.54, 1.807) is 0 Å². The van der Waals surface area contributed by atoms with Crippen molar-refractivity contribution in [3.63, 3.8) is 0 Å². The smallest absolute Gasteiger partial charge is 0.227 e. The van der Waals surface area contributed by atoms with Crippen LogP contribution >= 0.6 is 0 Å². The first-order chi connectivity index (χ1) is 9.76. The molecule has 0 aromatic carbocycles. The normalized spacial score (nSPS) is 10.7. The molecule has 3 aromatic heterocycles. The van der Waals surface area contributed by atoms with E-state index in [0.29, 0.717) is 22.5 Å². The number of carbonyl (C=O) groups is 2. The molecule has 1 N–H and O–H groups in total. The molecule has 0 bridgehead atoms. The van der Waals surface area contributed by atoms with Crippen molar-refractivity contribution in [3.05, 3.63) is 30.6 Å². The molecule has 0 aliphatic heterocycles. The minimum Gasteiger partial charge on any atom is -0.494 e. The number of hydrogen-bond donors (Lipinski definition) is 1. The second kappa shape index (κ2) is 4.57. The molecule has 0 aliphatic rings. The summed E-state index contributed by atoms with van der Waals surface area (Å²) in [6, 6.07) is 0. The second-order valence-corrected chi connectivity index (χ2v) is 3.92. The number of nitrogens with one attached hydrogen (secondary N) is 1. The van der Waals surface area contributed by atoms with Crippen LogP contribution in [0.5, 0.6) is 5.75 Å². The lowest BCUT2D eigenvalue weighted by molar-refractivity contribution is -0.104. The molecular formula is C12H9N5O3. The van der Waals surface area contributed by atoms with Gasteiger partial charge in [0.2, 0.25) is 5.78 Å². The van der Waals surface area contributed by atoms with Gasteiger partial charge < -0.3 is 9.72 Å². The Morgan fingerprint density at radius 1 is 1.50 bits per heavy atom. The molecule has 0 aliphatic carbocycles. The third-order valence-electron chi connectivity index (χ3n) is 2.88. The summed E-state index contributed by atoms with van der Waals surface area (Å²) < 4.78 is 6.65. The van der Waals surface area contributed by atoms with Crippen LogP contribution in [0.1, 0.15) is 10.4 Å². The van der Waals surface area contributed by atoms with Crippen molar-refractivity contribution in [1.29, 1.82) is 0 Å². The fourth-order valence-corrected chi connectivity index (χ4v) is 2.01. The molecule has 0 fully saturated rings. The van der Waals surface area contributed by atoms with Crippen LogP contribution in [-0.2, 0) is 4.79 Å². The fourth-order valence-electron chi connectivity index (χ4n) is 2.01. The molecule has 20 heavy (non-hydrogen) atoms. The standard InChI is InChI=1S/C12H9N5O3/c1-20-9-3-15-12(17-6-13-5-16-17)11-10(9)7(2-14-11)8(19)4-18/h2-6,14H,1H3. The number of ether oxygens (including phenoxy) is 1. The van der Waals surface area contributed by atoms with E-state index in [4.69, 9.17) is 4.74 Å². The molecule has 8 nitrogen and oxygen atoms in total. The summed E-state index contributed by atoms with van der Waals surface area (Å²) in [4.78, 5) is 33.4. The van der Waals surface area contributed by atoms with E-state index in [9.17, 15) is 9.59 Å². The van der Waals surface area contributed by atoms with Gasteiger partial charge in [0.05, 0.1) is 29.8 Å². The summed E-state index contributed by atoms with van der Waals surface area (Å²) in [5.74, 6) is 0.226. The average Bonchev–Trinajstić information content (AvgIpc) is 3.14. The molecule has 100 valence electrons. The van der Waals surface area contributed by atoms with Crippen LogP contribution in [-0.4, -0.2) is 43.9 Å². The topological polar surface area (TPSA) is 103 Å². The molecule has 3 rings (SSSR count). The summed E-state index contributed by atoms with van der Waals surface area (Å²) >= 11 is 0. The summed E-state index contributed by atoms with van der Waals surface area (Å²) in [6.45, 7) is 0. The Hall–Kier alpha value is -3.03. The molecular weight excluding hydrogens is 262 g/mol. The van der Waals surface area contributed by atoms with E-state index in [1.165, 1.54) is 36.8 Å². The predicted molar refractivity (Wildman–Crippen MR) is 68.0 cm³/mol. The van der Waals surface area contributed by atoms with Crippen molar-refractivity contribution in [1.82, 2.24) is 24.7 Å². The molecule has 8 heteroatoms. The summed E-state index contributed by atoms with van der Waals surface area (Å²) in [5, 5.41) is 4.48. The third-order valence-corrected chi connectivity index (χ3v) is 2.88. The maximum absolute atomic E-state index is 11.7. The molecule has 3 heterocycles. The van der Waals surface area contributed by atoms with Crippen LogP contribution in [0, 0.1) is 0 Å². The summed E-state index contributed by atoms with van der Waals surface area (Å²) in [6.07, 6.45) is 6.03. The Morgan fingerprint density at radius 3 is 3.00 bits per heavy atom. The van der Waals surface area contributed by atoms with Crippen LogP contribution < -0.4 is 4.74 Å². The zero-order chi connectivity index (χ0) is 14.1. The van der Waals surface area contributed by atoms with Gasteiger partial charge in [-0.2, -0.15) is 5.10 Å². The van der Waals surface area contributed by atoms with Crippen LogP contribution in [0.2, 0.25) is 0 Å². The number of aldehydes is 1. The van der Waals surface area contributed by atoms with Gasteiger partial charge in [-0.15, -0.1) is 0 Å². The van der Waals surface area contributed by atoms with Crippen LogP contribution in [0.25, 0.3) is 16.7 Å². The van der Waals surface area contributed by atoms with Gasteiger partial charge in [-0.1, -0.05) is 0 Å². The van der Waals surface area contributed by atoms with Gasteiger partial charge >= 0.3 is 0 Å². The fraction of sp³-hybridized carbons (Fsp3) is 0.0833. The number of rotatable bonds is 4. The second-order valence-electron chi connectivity index (χ2n) is 3.92. The van der Waals surface area contributed by atoms with E-state index in [-0.39, 0.29) is 11.8 Å². The van der Waals surface area contributed by atoms with Crippen molar-refractivity contribution in [3.8, 4) is 11.6 Å². The van der Waals surface area contributed by atoms with Gasteiger partial charge in [0.15, 0.2) is 12.1 Å². The van der Waals surface area contributed by atoms with E-state index in [2.05, 4.69) is 20.1 Å². The molecule has 0 saturated heterocycles. The number of hydrogen-bond acceptors (Lipinski definition) is 6. The molecule has 3 aromatic rings. The monoisotopic (exact) mass is 271 g/mol. The molecule has 0 unspecified atom stereocenters. The van der Waals surface area contributed by atoms with Crippen molar-refractivity contribution in [2.24, 2.45) is 0 Å². The number of methoxy groups -OCH3 is 1. The lowest BCUT2D eigenvalue weighted by atomic mass is 10.1. The first-order valence-corrected chi connectivity index (χ1v) is 5.65. The first kappa shape index (κ1) is 12.0. The highest BCUT2D eigenvalue weighted by atomic mass is 16.5. The minimum absolute atomic E-state index is 0.232. The van der Waals surface area contributed by atoms with Gasteiger partial charge in [0.1, 0.15) is 18.4 Å². The highest BCUT2D eigenvalue weighted by molar-refractivity contribution is 6.36. The molecule has 0 spiro atoms. The number of H-pyrrole nitrogens is 1. The van der Waals surface area contributed by atoms with E-state index in [1.807, 2.05) is 0 Å². The van der Waals surface area contributed by atoms with Crippen LogP contribution in [0.4, 0.5) is 0 Å². The van der Waals surface area contributed by atoms with E-state index in [0.717, 1.165) is 0 Å². The van der Waals surface area contributed by atoms with Crippen molar-refractivity contribution in [2.75, 3.05) is 7.11 Å². The Kier molecular flexibility index (Phi) is 2.75. The van der Waals surface area contributed by atoms with Crippen molar-refractivity contribution in [2.45, 2.75) is 0 Å². The number of carbonyl (C=O) groups excluding carboxylic acids is 2. The van der Waals surface area contributed by atoms with Crippen molar-refractivity contribution < 1.29 is 14.3 Å². The van der Waals surface area contributed by atoms with Gasteiger partial charge in [-0.25, -0.2) is 14.6 Å². The molecule has 0 saturated carbocycles.